The fourth-order valence-corrected chi connectivity index (χ4v) is 2.26. The molecule has 0 spiro atoms. The summed E-state index contributed by atoms with van der Waals surface area (Å²) in [5, 5.41) is 3.22. The molecule has 0 saturated heterocycles. The van der Waals surface area contributed by atoms with Crippen LogP contribution in [0.3, 0.4) is 0 Å². The van der Waals surface area contributed by atoms with Gasteiger partial charge in [0.05, 0.1) is 6.54 Å². The number of halogens is 1. The maximum atomic E-state index is 11.8. The summed E-state index contributed by atoms with van der Waals surface area (Å²) in [7, 11) is -3.66. The molecule has 1 rings (SSSR count). The van der Waals surface area contributed by atoms with Crippen LogP contribution in [-0.4, -0.2) is 21.0 Å². The van der Waals surface area contributed by atoms with Crippen LogP contribution in [0.5, 0.6) is 0 Å². The smallest absolute Gasteiger partial charge is 0.274 e. The van der Waals surface area contributed by atoms with Crippen LogP contribution in [0, 0.1) is 0 Å². The molecule has 0 aliphatic rings. The van der Waals surface area contributed by atoms with Crippen LogP contribution in [0.1, 0.15) is 19.6 Å². The minimum absolute atomic E-state index is 0.0236. The Labute approximate surface area is 112 Å². The molecule has 5 nitrogen and oxygen atoms in total. The second-order valence-electron chi connectivity index (χ2n) is 4.10. The maximum Gasteiger partial charge on any atom is 0.274 e. The Bertz CT molecular complexity index is 508. The highest BCUT2D eigenvalue weighted by atomic mass is 35.5. The topological polar surface area (TPSA) is 71.3 Å². The van der Waals surface area contributed by atoms with E-state index < -0.39 is 10.0 Å². The van der Waals surface area contributed by atoms with E-state index in [1.807, 2.05) is 13.8 Å². The minimum atomic E-state index is -3.66. The Morgan fingerprint density at radius 1 is 1.50 bits per heavy atom. The fourth-order valence-electron chi connectivity index (χ4n) is 1.15. The van der Waals surface area contributed by atoms with Gasteiger partial charge in [-0.2, -0.15) is 0 Å². The van der Waals surface area contributed by atoms with Gasteiger partial charge in [0, 0.05) is 17.6 Å². The first kappa shape index (κ1) is 15.2. The molecule has 1 heterocycles. The second kappa shape index (κ2) is 6.38. The third-order valence-corrected chi connectivity index (χ3v) is 3.45. The Morgan fingerprint density at radius 2 is 2.17 bits per heavy atom. The molecule has 1 aromatic rings. The summed E-state index contributed by atoms with van der Waals surface area (Å²) in [5.41, 5.74) is 0. The van der Waals surface area contributed by atoms with Crippen molar-refractivity contribution >= 4 is 21.6 Å². The SMILES string of the molecule is C=C(Cl)CNS(=O)(=O)c1ccc(CNC(C)C)o1. The van der Waals surface area contributed by atoms with Gasteiger partial charge >= 0.3 is 0 Å². The normalized spacial score (nSPS) is 12.0. The van der Waals surface area contributed by atoms with E-state index in [9.17, 15) is 8.42 Å². The molecular formula is C11H17ClN2O3S. The summed E-state index contributed by atoms with van der Waals surface area (Å²) >= 11 is 5.50. The molecule has 2 N–H and O–H groups in total. The van der Waals surface area contributed by atoms with Crippen LogP contribution in [0.2, 0.25) is 0 Å². The zero-order chi connectivity index (χ0) is 13.8. The van der Waals surface area contributed by atoms with E-state index in [0.29, 0.717) is 18.3 Å². The highest BCUT2D eigenvalue weighted by molar-refractivity contribution is 7.89. The third-order valence-electron chi connectivity index (χ3n) is 2.04. The highest BCUT2D eigenvalue weighted by Crippen LogP contribution is 2.14. The largest absolute Gasteiger partial charge is 0.447 e. The lowest BCUT2D eigenvalue weighted by Gasteiger charge is -2.05. The van der Waals surface area contributed by atoms with E-state index in [1.165, 1.54) is 6.07 Å². The van der Waals surface area contributed by atoms with E-state index >= 15 is 0 Å². The number of sulfonamides is 1. The lowest BCUT2D eigenvalue weighted by Crippen LogP contribution is -2.24. The van der Waals surface area contributed by atoms with Gasteiger partial charge in [0.2, 0.25) is 5.09 Å². The van der Waals surface area contributed by atoms with Crippen LogP contribution < -0.4 is 10.0 Å². The molecule has 0 aliphatic carbocycles. The van der Waals surface area contributed by atoms with E-state index in [0.717, 1.165) is 0 Å². The fraction of sp³-hybridized carbons (Fsp3) is 0.455. The quantitative estimate of drug-likeness (QED) is 0.804. The molecule has 0 aliphatic heterocycles. The van der Waals surface area contributed by atoms with E-state index in [2.05, 4.69) is 16.6 Å². The van der Waals surface area contributed by atoms with Crippen molar-refractivity contribution in [2.24, 2.45) is 0 Å². The van der Waals surface area contributed by atoms with Gasteiger partial charge in [0.15, 0.2) is 0 Å². The highest BCUT2D eigenvalue weighted by Gasteiger charge is 2.18. The molecule has 0 amide bonds. The number of hydrogen-bond acceptors (Lipinski definition) is 4. The number of furan rings is 1. The molecule has 0 unspecified atom stereocenters. The Balaban J connectivity index is 2.69. The Morgan fingerprint density at radius 3 is 2.72 bits per heavy atom. The molecule has 0 fully saturated rings. The first-order chi connectivity index (χ1) is 8.31. The van der Waals surface area contributed by atoms with Crippen molar-refractivity contribution in [1.29, 1.82) is 0 Å². The summed E-state index contributed by atoms with van der Waals surface area (Å²) in [6.07, 6.45) is 0. The van der Waals surface area contributed by atoms with Gasteiger partial charge in [-0.25, -0.2) is 13.1 Å². The van der Waals surface area contributed by atoms with E-state index in [4.69, 9.17) is 16.0 Å². The molecule has 0 saturated carbocycles. The van der Waals surface area contributed by atoms with Crippen molar-refractivity contribution < 1.29 is 12.8 Å². The van der Waals surface area contributed by atoms with Crippen molar-refractivity contribution in [2.45, 2.75) is 31.5 Å². The van der Waals surface area contributed by atoms with Crippen molar-refractivity contribution in [1.82, 2.24) is 10.0 Å². The average Bonchev–Trinajstić information content (AvgIpc) is 2.73. The molecule has 18 heavy (non-hydrogen) atoms. The lowest BCUT2D eigenvalue weighted by atomic mass is 10.3. The van der Waals surface area contributed by atoms with Gasteiger partial charge in [0.25, 0.3) is 10.0 Å². The lowest BCUT2D eigenvalue weighted by molar-refractivity contribution is 0.393. The summed E-state index contributed by atoms with van der Waals surface area (Å²) in [6, 6.07) is 3.34. The maximum absolute atomic E-state index is 11.8. The van der Waals surface area contributed by atoms with Crippen molar-refractivity contribution in [3.8, 4) is 0 Å². The van der Waals surface area contributed by atoms with E-state index in [1.54, 1.807) is 6.07 Å². The predicted octanol–water partition coefficient (Wildman–Crippen LogP) is 1.81. The molecule has 0 bridgehead atoms. The van der Waals surface area contributed by atoms with Gasteiger partial charge in [-0.1, -0.05) is 32.0 Å². The third kappa shape index (κ3) is 4.81. The number of rotatable bonds is 7. The van der Waals surface area contributed by atoms with Gasteiger partial charge < -0.3 is 9.73 Å². The summed E-state index contributed by atoms with van der Waals surface area (Å²) in [6.45, 7) is 7.85. The van der Waals surface area contributed by atoms with Crippen LogP contribution in [0.25, 0.3) is 0 Å². The predicted molar refractivity (Wildman–Crippen MR) is 70.9 cm³/mol. The minimum Gasteiger partial charge on any atom is -0.447 e. The molecule has 0 aromatic carbocycles. The first-order valence-corrected chi connectivity index (χ1v) is 7.32. The number of nitrogens with one attached hydrogen (secondary N) is 2. The van der Waals surface area contributed by atoms with Gasteiger partial charge in [0.1, 0.15) is 5.76 Å². The molecule has 7 heteroatoms. The Hall–Kier alpha value is -0.820. The van der Waals surface area contributed by atoms with Gasteiger partial charge in [-0.3, -0.25) is 0 Å². The molecule has 102 valence electrons. The van der Waals surface area contributed by atoms with Crippen LogP contribution >= 0.6 is 11.6 Å². The van der Waals surface area contributed by atoms with Crippen molar-refractivity contribution in [3.63, 3.8) is 0 Å². The van der Waals surface area contributed by atoms with Crippen LogP contribution in [0.4, 0.5) is 0 Å². The van der Waals surface area contributed by atoms with Crippen molar-refractivity contribution in [3.05, 3.63) is 29.5 Å². The summed E-state index contributed by atoms with van der Waals surface area (Å²) in [4.78, 5) is 0. The Kier molecular flexibility index (Phi) is 5.40. The first-order valence-electron chi connectivity index (χ1n) is 5.46. The monoisotopic (exact) mass is 292 g/mol. The van der Waals surface area contributed by atoms with Crippen LogP contribution in [0.15, 0.2) is 33.3 Å². The molecule has 0 atom stereocenters. The van der Waals surface area contributed by atoms with Gasteiger partial charge in [-0.05, 0) is 12.1 Å². The molecular weight excluding hydrogens is 276 g/mol. The standard InChI is InChI=1S/C11H17ClN2O3S/c1-8(2)13-7-10-4-5-11(17-10)18(15,16)14-6-9(3)12/h4-5,8,13-14H,3,6-7H2,1-2H3. The molecule has 1 aromatic heterocycles. The zero-order valence-corrected chi connectivity index (χ0v) is 11.9. The number of hydrogen-bond donors (Lipinski definition) is 2. The zero-order valence-electron chi connectivity index (χ0n) is 10.4. The average molecular weight is 293 g/mol. The molecule has 0 radical (unpaired) electrons. The second-order valence-corrected chi connectivity index (χ2v) is 6.33. The summed E-state index contributed by atoms with van der Waals surface area (Å²) in [5.74, 6) is 0.564. The van der Waals surface area contributed by atoms with E-state index in [-0.39, 0.29) is 16.7 Å². The van der Waals surface area contributed by atoms with Crippen LogP contribution in [-0.2, 0) is 16.6 Å². The summed E-state index contributed by atoms with van der Waals surface area (Å²) < 4.78 is 31.1. The van der Waals surface area contributed by atoms with Gasteiger partial charge in [-0.15, -0.1) is 0 Å². The van der Waals surface area contributed by atoms with Crippen molar-refractivity contribution in [2.75, 3.05) is 6.54 Å².